The fourth-order valence-corrected chi connectivity index (χ4v) is 2.50. The molecule has 0 radical (unpaired) electrons. The van der Waals surface area contributed by atoms with E-state index in [0.717, 1.165) is 0 Å². The SMILES string of the molecule is CO[SiH](OC)C(C)O.O=C1OC(=O)c2ccccc21. The van der Waals surface area contributed by atoms with Crippen LogP contribution in [0.4, 0.5) is 0 Å². The zero-order chi connectivity index (χ0) is 14.4. The summed E-state index contributed by atoms with van der Waals surface area (Å²) >= 11 is 0. The van der Waals surface area contributed by atoms with E-state index in [1.165, 1.54) is 0 Å². The second-order valence-corrected chi connectivity index (χ2v) is 6.45. The van der Waals surface area contributed by atoms with Crippen molar-refractivity contribution in [2.24, 2.45) is 0 Å². The van der Waals surface area contributed by atoms with Crippen LogP contribution in [0.3, 0.4) is 0 Å². The largest absolute Gasteiger partial charge is 0.398 e. The predicted molar refractivity (Wildman–Crippen MR) is 69.0 cm³/mol. The van der Waals surface area contributed by atoms with Crippen molar-refractivity contribution in [1.29, 1.82) is 0 Å². The third kappa shape index (κ3) is 3.96. The Balaban J connectivity index is 0.000000203. The average molecular weight is 284 g/mol. The van der Waals surface area contributed by atoms with Gasteiger partial charge in [-0.05, 0) is 19.1 Å². The number of aliphatic hydroxyl groups excluding tert-OH is 1. The van der Waals surface area contributed by atoms with Crippen molar-refractivity contribution in [3.8, 4) is 0 Å². The molecule has 2 rings (SSSR count). The van der Waals surface area contributed by atoms with Gasteiger partial charge in [0.15, 0.2) is 0 Å². The van der Waals surface area contributed by atoms with Crippen LogP contribution in [0.25, 0.3) is 0 Å². The molecule has 1 aliphatic rings. The highest BCUT2D eigenvalue weighted by Gasteiger charge is 2.28. The molecule has 0 aliphatic carbocycles. The van der Waals surface area contributed by atoms with E-state index in [-0.39, 0.29) is 0 Å². The van der Waals surface area contributed by atoms with Crippen molar-refractivity contribution < 1.29 is 28.3 Å². The molecule has 1 heterocycles. The van der Waals surface area contributed by atoms with E-state index in [9.17, 15) is 9.59 Å². The van der Waals surface area contributed by atoms with Crippen molar-refractivity contribution in [2.45, 2.75) is 12.7 Å². The fraction of sp³-hybridized carbons (Fsp3) is 0.333. The highest BCUT2D eigenvalue weighted by molar-refractivity contribution is 6.45. The number of carbonyl (C=O) groups excluding carboxylic acids is 2. The van der Waals surface area contributed by atoms with Gasteiger partial charge in [0.2, 0.25) is 0 Å². The molecule has 1 aromatic rings. The van der Waals surface area contributed by atoms with Gasteiger partial charge < -0.3 is 18.7 Å². The quantitative estimate of drug-likeness (QED) is 0.492. The molecule has 0 bridgehead atoms. The van der Waals surface area contributed by atoms with Gasteiger partial charge in [-0.3, -0.25) is 0 Å². The Morgan fingerprint density at radius 2 is 1.53 bits per heavy atom. The number of aliphatic hydroxyl groups is 1. The molecule has 19 heavy (non-hydrogen) atoms. The van der Waals surface area contributed by atoms with Crippen LogP contribution in [-0.4, -0.2) is 46.3 Å². The van der Waals surface area contributed by atoms with Crippen LogP contribution in [0.1, 0.15) is 27.6 Å². The molecule has 104 valence electrons. The Morgan fingerprint density at radius 3 is 1.79 bits per heavy atom. The van der Waals surface area contributed by atoms with Crippen molar-refractivity contribution >= 4 is 21.2 Å². The summed E-state index contributed by atoms with van der Waals surface area (Å²) in [6.07, 6.45) is 0. The van der Waals surface area contributed by atoms with Gasteiger partial charge in [0.1, 0.15) is 0 Å². The normalized spacial score (nSPS) is 14.6. The van der Waals surface area contributed by atoms with Gasteiger partial charge in [0, 0.05) is 14.2 Å². The molecule has 0 spiro atoms. The molecule has 6 nitrogen and oxygen atoms in total. The second-order valence-electron chi connectivity index (χ2n) is 3.80. The molecular formula is C12H16O6Si. The molecule has 1 aliphatic heterocycles. The Labute approximate surface area is 112 Å². The highest BCUT2D eigenvalue weighted by atomic mass is 28.3. The minimum absolute atomic E-state index is 0.359. The minimum Gasteiger partial charge on any atom is -0.398 e. The first kappa shape index (κ1) is 15.5. The van der Waals surface area contributed by atoms with E-state index in [1.807, 2.05) is 0 Å². The lowest BCUT2D eigenvalue weighted by molar-refractivity contribution is 0.0444. The fourth-order valence-electron chi connectivity index (χ4n) is 1.52. The summed E-state index contributed by atoms with van der Waals surface area (Å²) < 4.78 is 14.0. The lowest BCUT2D eigenvalue weighted by Crippen LogP contribution is -2.32. The topological polar surface area (TPSA) is 82.1 Å². The van der Waals surface area contributed by atoms with Crippen molar-refractivity contribution in [3.05, 3.63) is 35.4 Å². The number of ether oxygens (including phenoxy) is 1. The van der Waals surface area contributed by atoms with Crippen molar-refractivity contribution in [1.82, 2.24) is 0 Å². The van der Waals surface area contributed by atoms with E-state index in [0.29, 0.717) is 11.1 Å². The van der Waals surface area contributed by atoms with Crippen molar-refractivity contribution in [2.75, 3.05) is 14.2 Å². The van der Waals surface area contributed by atoms with Crippen molar-refractivity contribution in [3.63, 3.8) is 0 Å². The van der Waals surface area contributed by atoms with E-state index in [1.54, 1.807) is 45.4 Å². The van der Waals surface area contributed by atoms with Gasteiger partial charge in [-0.25, -0.2) is 9.59 Å². The number of rotatable bonds is 3. The summed E-state index contributed by atoms with van der Waals surface area (Å²) in [6.45, 7) is 1.67. The van der Waals surface area contributed by atoms with E-state index < -0.39 is 26.9 Å². The molecular weight excluding hydrogens is 268 g/mol. The summed E-state index contributed by atoms with van der Waals surface area (Å²) in [6, 6.07) is 6.53. The van der Waals surface area contributed by atoms with Crippen LogP contribution >= 0.6 is 0 Å². The third-order valence-electron chi connectivity index (χ3n) is 2.41. The van der Waals surface area contributed by atoms with Crippen LogP contribution in [0.5, 0.6) is 0 Å². The Hall–Kier alpha value is -1.54. The molecule has 1 aromatic carbocycles. The van der Waals surface area contributed by atoms with E-state index in [4.69, 9.17) is 14.0 Å². The second kappa shape index (κ2) is 7.15. The maximum Gasteiger partial charge on any atom is 0.350 e. The molecule has 7 heteroatoms. The molecule has 1 unspecified atom stereocenters. The minimum atomic E-state index is -1.71. The van der Waals surface area contributed by atoms with Gasteiger partial charge in [-0.15, -0.1) is 0 Å². The first-order valence-corrected chi connectivity index (χ1v) is 7.21. The zero-order valence-corrected chi connectivity index (χ0v) is 12.1. The molecule has 0 fully saturated rings. The van der Waals surface area contributed by atoms with Gasteiger partial charge in [-0.2, -0.15) is 0 Å². The molecule has 0 saturated heterocycles. The van der Waals surface area contributed by atoms with Gasteiger partial charge in [-0.1, -0.05) is 12.1 Å². The number of hydrogen-bond donors (Lipinski definition) is 1. The number of hydrogen-bond acceptors (Lipinski definition) is 6. The number of carbonyl (C=O) groups is 2. The molecule has 0 aromatic heterocycles. The van der Waals surface area contributed by atoms with Crippen LogP contribution in [0.15, 0.2) is 24.3 Å². The maximum atomic E-state index is 10.8. The Kier molecular flexibility index (Phi) is 5.83. The smallest absolute Gasteiger partial charge is 0.350 e. The van der Waals surface area contributed by atoms with Gasteiger partial charge in [0.25, 0.3) is 0 Å². The Bertz CT molecular complexity index is 422. The van der Waals surface area contributed by atoms with Gasteiger partial charge >= 0.3 is 21.2 Å². The number of fused-ring (bicyclic) bond motifs is 1. The van der Waals surface area contributed by atoms with Crippen LogP contribution < -0.4 is 0 Å². The summed E-state index contributed by atoms with van der Waals surface area (Å²) in [7, 11) is 1.39. The van der Waals surface area contributed by atoms with Crippen LogP contribution in [0, 0.1) is 0 Å². The molecule has 1 atom stereocenters. The average Bonchev–Trinajstić information content (AvgIpc) is 2.68. The number of cyclic esters (lactones) is 2. The summed E-state index contributed by atoms with van der Waals surface area (Å²) in [5, 5.41) is 8.82. The lowest BCUT2D eigenvalue weighted by atomic mass is 10.1. The lowest BCUT2D eigenvalue weighted by Gasteiger charge is -2.12. The molecule has 0 saturated carbocycles. The highest BCUT2D eigenvalue weighted by Crippen LogP contribution is 2.18. The first-order valence-electron chi connectivity index (χ1n) is 5.60. The zero-order valence-electron chi connectivity index (χ0n) is 11.0. The van der Waals surface area contributed by atoms with Crippen LogP contribution in [-0.2, 0) is 13.6 Å². The predicted octanol–water partition coefficient (Wildman–Crippen LogP) is 0.417. The summed E-state index contributed by atoms with van der Waals surface area (Å²) in [4.78, 5) is 21.7. The third-order valence-corrected chi connectivity index (χ3v) is 4.13. The molecule has 1 N–H and O–H groups in total. The number of esters is 2. The van der Waals surface area contributed by atoms with E-state index in [2.05, 4.69) is 4.74 Å². The van der Waals surface area contributed by atoms with Gasteiger partial charge in [0.05, 0.1) is 16.9 Å². The van der Waals surface area contributed by atoms with Crippen LogP contribution in [0.2, 0.25) is 0 Å². The number of benzene rings is 1. The molecule has 0 amide bonds. The standard InChI is InChI=1S/C8H4O3.C4H12O3Si/c9-7-5-3-1-2-4-6(5)8(10)11-7;1-4(5)8(6-2)7-3/h1-4H;4-5,8H,1-3H3. The summed E-state index contributed by atoms with van der Waals surface area (Å²) in [5.74, 6) is -1.10. The summed E-state index contributed by atoms with van der Waals surface area (Å²) in [5.41, 5.74) is 0.292. The Morgan fingerprint density at radius 1 is 1.11 bits per heavy atom. The first-order chi connectivity index (χ1) is 9.01. The monoisotopic (exact) mass is 284 g/mol. The maximum absolute atomic E-state index is 10.8. The van der Waals surface area contributed by atoms with E-state index >= 15 is 0 Å².